The Morgan fingerprint density at radius 3 is 1.31 bits per heavy atom. The van der Waals surface area contributed by atoms with Crippen LogP contribution in [0.2, 0.25) is 0 Å². The Hall–Kier alpha value is -3.44. The molecule has 0 radical (unpaired) electrons. The SMILES string of the molecule is COc1cc(/C=C/COCC[N+](C)(CCO)CCOC/C=C/c2cc(OC)c(O)c(OC)c2)cc(OC)c1O. The summed E-state index contributed by atoms with van der Waals surface area (Å²) in [6.07, 6.45) is 7.52. The van der Waals surface area contributed by atoms with Gasteiger partial charge in [0.25, 0.3) is 0 Å². The van der Waals surface area contributed by atoms with E-state index in [1.165, 1.54) is 28.4 Å². The second-order valence-corrected chi connectivity index (χ2v) is 9.02. The second kappa shape index (κ2) is 16.5. The number of phenolic OH excluding ortho intramolecular Hbond substituents is 2. The molecule has 0 bridgehead atoms. The quantitative estimate of drug-likeness (QED) is 0.191. The lowest BCUT2D eigenvalue weighted by Crippen LogP contribution is -2.50. The van der Waals surface area contributed by atoms with Crippen molar-refractivity contribution < 1.29 is 48.2 Å². The van der Waals surface area contributed by atoms with Crippen LogP contribution in [0.15, 0.2) is 36.4 Å². The van der Waals surface area contributed by atoms with E-state index in [1.807, 2.05) is 24.3 Å². The van der Waals surface area contributed by atoms with Crippen molar-refractivity contribution in [2.75, 3.05) is 88.2 Å². The zero-order chi connectivity index (χ0) is 28.7. The number of aliphatic hydroxyl groups is 1. The molecule has 0 fully saturated rings. The lowest BCUT2D eigenvalue weighted by molar-refractivity contribution is -0.910. The van der Waals surface area contributed by atoms with Gasteiger partial charge in [-0.1, -0.05) is 24.3 Å². The lowest BCUT2D eigenvalue weighted by atomic mass is 10.1. The summed E-state index contributed by atoms with van der Waals surface area (Å²) in [6, 6.07) is 6.88. The van der Waals surface area contributed by atoms with Crippen LogP contribution < -0.4 is 18.9 Å². The Morgan fingerprint density at radius 1 is 0.641 bits per heavy atom. The van der Waals surface area contributed by atoms with Gasteiger partial charge in [-0.25, -0.2) is 0 Å². The van der Waals surface area contributed by atoms with Crippen LogP contribution in [0.1, 0.15) is 11.1 Å². The van der Waals surface area contributed by atoms with Gasteiger partial charge in [-0.2, -0.15) is 0 Å². The number of nitrogens with zero attached hydrogens (tertiary/aromatic N) is 1. The van der Waals surface area contributed by atoms with E-state index < -0.39 is 0 Å². The van der Waals surface area contributed by atoms with Crippen molar-refractivity contribution in [1.29, 1.82) is 0 Å². The highest BCUT2D eigenvalue weighted by Gasteiger charge is 2.20. The van der Waals surface area contributed by atoms with Crippen LogP contribution >= 0.6 is 0 Å². The fraction of sp³-hybridized carbons (Fsp3) is 0.448. The molecular weight excluding hydrogens is 506 g/mol. The fourth-order valence-electron chi connectivity index (χ4n) is 3.84. The Morgan fingerprint density at radius 2 is 1.00 bits per heavy atom. The summed E-state index contributed by atoms with van der Waals surface area (Å²) in [5.74, 6) is 1.29. The van der Waals surface area contributed by atoms with Gasteiger partial charge in [0, 0.05) is 0 Å². The van der Waals surface area contributed by atoms with Crippen molar-refractivity contribution in [3.8, 4) is 34.5 Å². The highest BCUT2D eigenvalue weighted by molar-refractivity contribution is 5.62. The minimum absolute atomic E-state index is 0.0342. The number of methoxy groups -OCH3 is 4. The highest BCUT2D eigenvalue weighted by atomic mass is 16.5. The van der Waals surface area contributed by atoms with E-state index in [0.29, 0.717) is 60.5 Å². The molecule has 0 saturated carbocycles. The number of likely N-dealkylation sites (N-methyl/N-ethyl adjacent to an activating group) is 1. The van der Waals surface area contributed by atoms with E-state index in [2.05, 4.69) is 7.05 Å². The smallest absolute Gasteiger partial charge is 0.200 e. The van der Waals surface area contributed by atoms with Crippen LogP contribution in [0.25, 0.3) is 12.2 Å². The first-order valence-electron chi connectivity index (χ1n) is 12.6. The third-order valence-electron chi connectivity index (χ3n) is 6.24. The van der Waals surface area contributed by atoms with Crippen LogP contribution in [-0.4, -0.2) is 108 Å². The predicted molar refractivity (Wildman–Crippen MR) is 150 cm³/mol. The van der Waals surface area contributed by atoms with Gasteiger partial charge >= 0.3 is 0 Å². The molecule has 10 heteroatoms. The molecule has 10 nitrogen and oxygen atoms in total. The van der Waals surface area contributed by atoms with Crippen molar-refractivity contribution in [1.82, 2.24) is 0 Å². The van der Waals surface area contributed by atoms with Gasteiger partial charge in [0.15, 0.2) is 23.0 Å². The Kier molecular flexibility index (Phi) is 13.4. The number of benzene rings is 2. The number of aliphatic hydroxyl groups excluding tert-OH is 1. The Balaban J connectivity index is 1.77. The van der Waals surface area contributed by atoms with Gasteiger partial charge in [0.1, 0.15) is 19.6 Å². The van der Waals surface area contributed by atoms with Crippen molar-refractivity contribution in [2.45, 2.75) is 0 Å². The molecule has 39 heavy (non-hydrogen) atoms. The monoisotopic (exact) mass is 548 g/mol. The van der Waals surface area contributed by atoms with Gasteiger partial charge in [0.2, 0.25) is 11.5 Å². The lowest BCUT2D eigenvalue weighted by Gasteiger charge is -2.33. The first-order chi connectivity index (χ1) is 18.8. The third-order valence-corrected chi connectivity index (χ3v) is 6.24. The first-order valence-corrected chi connectivity index (χ1v) is 12.6. The molecule has 2 rings (SSSR count). The van der Waals surface area contributed by atoms with Crippen molar-refractivity contribution in [3.63, 3.8) is 0 Å². The number of aromatic hydroxyl groups is 2. The molecule has 3 N–H and O–H groups in total. The maximum absolute atomic E-state index is 10.0. The minimum Gasteiger partial charge on any atom is -0.502 e. The molecule has 216 valence electrons. The Bertz CT molecular complexity index is 955. The highest BCUT2D eigenvalue weighted by Crippen LogP contribution is 2.38. The van der Waals surface area contributed by atoms with Gasteiger partial charge in [0.05, 0.1) is 68.5 Å². The molecule has 0 heterocycles. The third kappa shape index (κ3) is 9.99. The normalized spacial score (nSPS) is 11.8. The predicted octanol–water partition coefficient (Wildman–Crippen LogP) is 3.33. The number of rotatable bonds is 18. The molecular formula is C29H42NO9+. The maximum Gasteiger partial charge on any atom is 0.200 e. The summed E-state index contributed by atoms with van der Waals surface area (Å²) in [6.45, 7) is 3.99. The summed E-state index contributed by atoms with van der Waals surface area (Å²) in [7, 11) is 8.02. The molecule has 2 aromatic carbocycles. The average molecular weight is 549 g/mol. The molecule has 0 aliphatic rings. The van der Waals surface area contributed by atoms with Gasteiger partial charge in [-0.05, 0) is 35.4 Å². The van der Waals surface area contributed by atoms with Crippen LogP contribution in [-0.2, 0) is 9.47 Å². The van der Waals surface area contributed by atoms with Crippen molar-refractivity contribution in [3.05, 3.63) is 47.5 Å². The standard InChI is InChI=1S/C29H41NO9/c1-30(10-13-31,11-16-38-14-6-8-22-18-24(34-2)28(32)25(19-22)35-3)12-17-39-15-7-9-23-20-26(36-4)29(33)27(21-23)37-5/h6-9,18-21,31H,10-17H2,1-5H3,(H-,32,33)/p+1/b8-6+,9-7+. The van der Waals surface area contributed by atoms with E-state index in [4.69, 9.17) is 28.4 Å². The van der Waals surface area contributed by atoms with Gasteiger partial charge < -0.3 is 48.2 Å². The van der Waals surface area contributed by atoms with Crippen LogP contribution in [0, 0.1) is 0 Å². The summed E-state index contributed by atoms with van der Waals surface area (Å²) < 4.78 is 32.9. The zero-order valence-corrected chi connectivity index (χ0v) is 23.5. The maximum atomic E-state index is 10.0. The summed E-state index contributed by atoms with van der Waals surface area (Å²) in [5, 5.41) is 29.6. The summed E-state index contributed by atoms with van der Waals surface area (Å²) in [5.41, 5.74) is 1.64. The molecule has 0 spiro atoms. The largest absolute Gasteiger partial charge is 0.502 e. The van der Waals surface area contributed by atoms with Crippen LogP contribution in [0.4, 0.5) is 0 Å². The van der Waals surface area contributed by atoms with E-state index in [9.17, 15) is 15.3 Å². The number of quaternary nitrogens is 1. The molecule has 0 aromatic heterocycles. The molecule has 0 aliphatic carbocycles. The molecule has 0 atom stereocenters. The number of phenols is 2. The van der Waals surface area contributed by atoms with Gasteiger partial charge in [-0.15, -0.1) is 0 Å². The average Bonchev–Trinajstić information content (AvgIpc) is 2.93. The van der Waals surface area contributed by atoms with Crippen molar-refractivity contribution in [2.24, 2.45) is 0 Å². The van der Waals surface area contributed by atoms with E-state index in [-0.39, 0.29) is 18.1 Å². The Labute approximate surface area is 230 Å². The molecule has 0 amide bonds. The number of hydrogen-bond donors (Lipinski definition) is 3. The molecule has 2 aromatic rings. The minimum atomic E-state index is -0.0342. The zero-order valence-electron chi connectivity index (χ0n) is 23.5. The molecule has 0 saturated heterocycles. The molecule has 0 unspecified atom stereocenters. The topological polar surface area (TPSA) is 116 Å². The fourth-order valence-corrected chi connectivity index (χ4v) is 3.84. The summed E-state index contributed by atoms with van der Waals surface area (Å²) in [4.78, 5) is 0. The van der Waals surface area contributed by atoms with E-state index in [1.54, 1.807) is 24.3 Å². The van der Waals surface area contributed by atoms with Crippen LogP contribution in [0.3, 0.4) is 0 Å². The second-order valence-electron chi connectivity index (χ2n) is 9.02. The number of ether oxygens (including phenoxy) is 6. The van der Waals surface area contributed by atoms with E-state index in [0.717, 1.165) is 24.2 Å². The number of hydrogen-bond acceptors (Lipinski definition) is 9. The van der Waals surface area contributed by atoms with Crippen molar-refractivity contribution >= 4 is 12.2 Å². The molecule has 0 aliphatic heterocycles. The summed E-state index contributed by atoms with van der Waals surface area (Å²) >= 11 is 0. The van der Waals surface area contributed by atoms with E-state index >= 15 is 0 Å². The van der Waals surface area contributed by atoms with Crippen LogP contribution in [0.5, 0.6) is 34.5 Å². The van der Waals surface area contributed by atoms with Gasteiger partial charge in [-0.3, -0.25) is 0 Å². The first kappa shape index (κ1) is 31.8.